The van der Waals surface area contributed by atoms with Gasteiger partial charge in [-0.15, -0.1) is 10.2 Å². The summed E-state index contributed by atoms with van der Waals surface area (Å²) < 4.78 is 39.2. The molecule has 0 aliphatic carbocycles. The van der Waals surface area contributed by atoms with Gasteiger partial charge in [-0.1, -0.05) is 23.9 Å². The monoisotopic (exact) mass is 336 g/mol. The molecule has 0 amide bonds. The van der Waals surface area contributed by atoms with E-state index in [1.54, 1.807) is 23.3 Å². The van der Waals surface area contributed by atoms with Gasteiger partial charge < -0.3 is 0 Å². The quantitative estimate of drug-likeness (QED) is 0.676. The van der Waals surface area contributed by atoms with Crippen LogP contribution in [0.25, 0.3) is 5.82 Å². The van der Waals surface area contributed by atoms with Crippen molar-refractivity contribution in [2.24, 2.45) is 0 Å². The number of rotatable bonds is 4. The van der Waals surface area contributed by atoms with Crippen LogP contribution in [-0.2, 0) is 11.9 Å². The Hall–Kier alpha value is -2.35. The van der Waals surface area contributed by atoms with Crippen LogP contribution in [-0.4, -0.2) is 19.7 Å². The number of halogens is 3. The van der Waals surface area contributed by atoms with E-state index in [4.69, 9.17) is 0 Å². The molecule has 0 saturated carbocycles. The highest BCUT2D eigenvalue weighted by Crippen LogP contribution is 2.30. The van der Waals surface area contributed by atoms with E-state index >= 15 is 0 Å². The maximum atomic E-state index is 12.5. The lowest BCUT2D eigenvalue weighted by atomic mass is 10.1. The van der Waals surface area contributed by atoms with Crippen molar-refractivity contribution in [3.8, 4) is 5.82 Å². The Morgan fingerprint density at radius 3 is 2.35 bits per heavy atom. The van der Waals surface area contributed by atoms with Gasteiger partial charge in [0.05, 0.1) is 5.56 Å². The maximum Gasteiger partial charge on any atom is 0.416 e. The molecule has 0 atom stereocenters. The molecule has 8 heteroatoms. The topological polar surface area (TPSA) is 43.6 Å². The van der Waals surface area contributed by atoms with Crippen molar-refractivity contribution in [1.82, 2.24) is 19.7 Å². The fourth-order valence-electron chi connectivity index (χ4n) is 1.87. The smallest absolute Gasteiger partial charge is 0.289 e. The number of hydrogen-bond donors (Lipinski definition) is 0. The van der Waals surface area contributed by atoms with Crippen LogP contribution < -0.4 is 0 Å². The predicted octanol–water partition coefficient (Wildman–Crippen LogP) is 3.97. The van der Waals surface area contributed by atoms with Crippen LogP contribution >= 0.6 is 11.8 Å². The summed E-state index contributed by atoms with van der Waals surface area (Å²) in [5.41, 5.74) is 0.152. The first-order valence-corrected chi connectivity index (χ1v) is 7.62. The van der Waals surface area contributed by atoms with Crippen molar-refractivity contribution in [2.45, 2.75) is 17.0 Å². The number of hydrogen-bond acceptors (Lipinski definition) is 4. The average molecular weight is 336 g/mol. The number of nitrogens with zero attached hydrogens (tertiary/aromatic N) is 4. The molecule has 0 aliphatic heterocycles. The van der Waals surface area contributed by atoms with E-state index in [0.29, 0.717) is 16.6 Å². The van der Waals surface area contributed by atoms with Crippen molar-refractivity contribution >= 4 is 11.8 Å². The molecule has 3 rings (SSSR count). The second kappa shape index (κ2) is 6.41. The first kappa shape index (κ1) is 15.5. The Labute approximate surface area is 134 Å². The number of imidazole rings is 1. The molecular weight excluding hydrogens is 325 g/mol. The molecule has 0 saturated heterocycles. The summed E-state index contributed by atoms with van der Waals surface area (Å²) >= 11 is 1.41. The van der Waals surface area contributed by atoms with Crippen molar-refractivity contribution in [2.75, 3.05) is 0 Å². The first-order chi connectivity index (χ1) is 11.0. The first-order valence-electron chi connectivity index (χ1n) is 6.63. The molecule has 0 radical (unpaired) electrons. The Balaban J connectivity index is 1.62. The van der Waals surface area contributed by atoms with E-state index in [-0.39, 0.29) is 0 Å². The van der Waals surface area contributed by atoms with Gasteiger partial charge in [0.25, 0.3) is 0 Å². The Morgan fingerprint density at radius 2 is 1.78 bits per heavy atom. The maximum absolute atomic E-state index is 12.5. The van der Waals surface area contributed by atoms with E-state index in [1.165, 1.54) is 23.9 Å². The highest BCUT2D eigenvalue weighted by atomic mass is 32.2. The fourth-order valence-corrected chi connectivity index (χ4v) is 2.64. The van der Waals surface area contributed by atoms with Gasteiger partial charge in [0.2, 0.25) is 0 Å². The SMILES string of the molecule is FC(F)(F)c1ccc(CSc2ccc(-n3ccnc3)nn2)cc1. The summed E-state index contributed by atoms with van der Waals surface area (Å²) in [6.07, 6.45) is 0.729. The zero-order valence-electron chi connectivity index (χ0n) is 11.7. The molecule has 0 N–H and O–H groups in total. The summed E-state index contributed by atoms with van der Waals surface area (Å²) in [7, 11) is 0. The van der Waals surface area contributed by atoms with Gasteiger partial charge in [0, 0.05) is 18.1 Å². The number of alkyl halides is 3. The minimum atomic E-state index is -4.31. The standard InChI is InChI=1S/C15H11F3N4S/c16-15(17,18)12-3-1-11(2-4-12)9-23-14-6-5-13(20-21-14)22-8-7-19-10-22/h1-8,10H,9H2. The second-order valence-electron chi connectivity index (χ2n) is 4.68. The lowest BCUT2D eigenvalue weighted by Gasteiger charge is -2.07. The van der Waals surface area contributed by atoms with Gasteiger partial charge in [-0.05, 0) is 29.8 Å². The Bertz CT molecular complexity index is 753. The normalized spacial score (nSPS) is 11.6. The molecule has 2 heterocycles. The van der Waals surface area contributed by atoms with Gasteiger partial charge in [-0.2, -0.15) is 13.2 Å². The van der Waals surface area contributed by atoms with E-state index in [9.17, 15) is 13.2 Å². The summed E-state index contributed by atoms with van der Waals surface area (Å²) in [6.45, 7) is 0. The zero-order valence-corrected chi connectivity index (χ0v) is 12.6. The Kier molecular flexibility index (Phi) is 4.33. The van der Waals surface area contributed by atoms with Gasteiger partial charge in [0.15, 0.2) is 5.82 Å². The van der Waals surface area contributed by atoms with Gasteiger partial charge >= 0.3 is 6.18 Å². The van der Waals surface area contributed by atoms with Crippen molar-refractivity contribution in [3.63, 3.8) is 0 Å². The molecule has 0 fully saturated rings. The second-order valence-corrected chi connectivity index (χ2v) is 5.68. The third-order valence-electron chi connectivity index (χ3n) is 3.06. The van der Waals surface area contributed by atoms with Crippen LogP contribution in [0.15, 0.2) is 60.1 Å². The van der Waals surface area contributed by atoms with Crippen LogP contribution in [0.1, 0.15) is 11.1 Å². The molecule has 1 aromatic carbocycles. The molecule has 118 valence electrons. The molecule has 23 heavy (non-hydrogen) atoms. The third kappa shape index (κ3) is 3.89. The molecule has 0 bridgehead atoms. The molecule has 3 aromatic rings. The van der Waals surface area contributed by atoms with Gasteiger partial charge in [-0.25, -0.2) is 4.98 Å². The van der Waals surface area contributed by atoms with Crippen molar-refractivity contribution in [3.05, 3.63) is 66.2 Å². The molecule has 0 spiro atoms. The van der Waals surface area contributed by atoms with Crippen LogP contribution in [0.5, 0.6) is 0 Å². The van der Waals surface area contributed by atoms with E-state index in [0.717, 1.165) is 17.7 Å². The van der Waals surface area contributed by atoms with Crippen LogP contribution in [0.3, 0.4) is 0 Å². The van der Waals surface area contributed by atoms with Crippen molar-refractivity contribution in [1.29, 1.82) is 0 Å². The van der Waals surface area contributed by atoms with Crippen LogP contribution in [0.4, 0.5) is 13.2 Å². The van der Waals surface area contributed by atoms with Gasteiger partial charge in [-0.3, -0.25) is 4.57 Å². The van der Waals surface area contributed by atoms with Crippen LogP contribution in [0.2, 0.25) is 0 Å². The summed E-state index contributed by atoms with van der Waals surface area (Å²) in [5, 5.41) is 8.88. The number of aromatic nitrogens is 4. The summed E-state index contributed by atoms with van der Waals surface area (Å²) in [6, 6.07) is 8.75. The van der Waals surface area contributed by atoms with E-state index < -0.39 is 11.7 Å². The van der Waals surface area contributed by atoms with Gasteiger partial charge in [0.1, 0.15) is 11.4 Å². The lowest BCUT2D eigenvalue weighted by Crippen LogP contribution is -2.04. The zero-order chi connectivity index (χ0) is 16.3. The molecular formula is C15H11F3N4S. The van der Waals surface area contributed by atoms with Crippen LogP contribution in [0, 0.1) is 0 Å². The highest BCUT2D eigenvalue weighted by molar-refractivity contribution is 7.98. The fraction of sp³-hybridized carbons (Fsp3) is 0.133. The Morgan fingerprint density at radius 1 is 1.00 bits per heavy atom. The molecule has 2 aromatic heterocycles. The minimum Gasteiger partial charge on any atom is -0.289 e. The average Bonchev–Trinajstić information content (AvgIpc) is 3.07. The number of benzene rings is 1. The predicted molar refractivity (Wildman–Crippen MR) is 80.2 cm³/mol. The largest absolute Gasteiger partial charge is 0.416 e. The van der Waals surface area contributed by atoms with Crippen molar-refractivity contribution < 1.29 is 13.2 Å². The molecule has 4 nitrogen and oxygen atoms in total. The highest BCUT2D eigenvalue weighted by Gasteiger charge is 2.29. The molecule has 0 unspecified atom stereocenters. The molecule has 0 aliphatic rings. The third-order valence-corrected chi connectivity index (χ3v) is 4.05. The lowest BCUT2D eigenvalue weighted by molar-refractivity contribution is -0.137. The summed E-state index contributed by atoms with van der Waals surface area (Å²) in [4.78, 5) is 3.93. The number of thioether (sulfide) groups is 1. The minimum absolute atomic E-state index is 0.525. The van der Waals surface area contributed by atoms with E-state index in [1.807, 2.05) is 12.1 Å². The summed E-state index contributed by atoms with van der Waals surface area (Å²) in [5.74, 6) is 1.18. The van der Waals surface area contributed by atoms with E-state index in [2.05, 4.69) is 15.2 Å².